The van der Waals surface area contributed by atoms with Crippen LogP contribution < -0.4 is 15.4 Å². The van der Waals surface area contributed by atoms with Gasteiger partial charge in [0.2, 0.25) is 10.0 Å². The van der Waals surface area contributed by atoms with E-state index in [2.05, 4.69) is 15.4 Å². The number of sulfonamides is 1. The number of hydrogen-bond acceptors (Lipinski definition) is 4. The average Bonchev–Trinajstić information content (AvgIpc) is 2.62. The number of urea groups is 1. The Labute approximate surface area is 172 Å². The van der Waals surface area contributed by atoms with Crippen LogP contribution in [0.1, 0.15) is 37.5 Å². The molecule has 2 aromatic carbocycles. The quantitative estimate of drug-likeness (QED) is 0.611. The van der Waals surface area contributed by atoms with Crippen LogP contribution in [-0.2, 0) is 34.5 Å². The monoisotopic (exact) mass is 419 g/mol. The molecule has 2 aromatic rings. The van der Waals surface area contributed by atoms with Crippen LogP contribution in [-0.4, -0.2) is 26.3 Å². The molecule has 0 aromatic heterocycles. The summed E-state index contributed by atoms with van der Waals surface area (Å²) in [4.78, 5) is 12.1. The topological polar surface area (TPSA) is 96.5 Å². The Balaban J connectivity index is 1.87. The van der Waals surface area contributed by atoms with Gasteiger partial charge in [0.15, 0.2) is 0 Å². The van der Waals surface area contributed by atoms with Gasteiger partial charge in [0.05, 0.1) is 24.2 Å². The van der Waals surface area contributed by atoms with Gasteiger partial charge in [-0.25, -0.2) is 13.2 Å². The van der Waals surface area contributed by atoms with Crippen LogP contribution in [0.4, 0.5) is 10.5 Å². The summed E-state index contributed by atoms with van der Waals surface area (Å²) < 4.78 is 31.1. The number of anilines is 1. The SMILES string of the molecule is CC(C)(C)OCc1cccc(CNC(=O)NCc2ccccc2NS(C)(=O)=O)c1. The van der Waals surface area contributed by atoms with Crippen molar-refractivity contribution in [2.24, 2.45) is 0 Å². The molecule has 2 amide bonds. The largest absolute Gasteiger partial charge is 0.371 e. The summed E-state index contributed by atoms with van der Waals surface area (Å²) in [6, 6.07) is 14.4. The summed E-state index contributed by atoms with van der Waals surface area (Å²) in [6.07, 6.45) is 1.09. The highest BCUT2D eigenvalue weighted by Gasteiger charge is 2.11. The van der Waals surface area contributed by atoms with E-state index in [1.54, 1.807) is 24.3 Å². The van der Waals surface area contributed by atoms with Crippen molar-refractivity contribution < 1.29 is 17.9 Å². The Kier molecular flexibility index (Phi) is 7.64. The number of nitrogens with one attached hydrogen (secondary N) is 3. The summed E-state index contributed by atoms with van der Waals surface area (Å²) in [5, 5.41) is 5.55. The molecule has 0 saturated heterocycles. The number of amides is 2. The summed E-state index contributed by atoms with van der Waals surface area (Å²) in [6.45, 7) is 7.10. The van der Waals surface area contributed by atoms with Crippen molar-refractivity contribution in [1.82, 2.24) is 10.6 Å². The number of hydrogen-bond donors (Lipinski definition) is 3. The third kappa shape index (κ3) is 8.97. The highest BCUT2D eigenvalue weighted by molar-refractivity contribution is 7.92. The molecule has 158 valence electrons. The molecular weight excluding hydrogens is 390 g/mol. The zero-order valence-corrected chi connectivity index (χ0v) is 18.1. The van der Waals surface area contributed by atoms with Crippen LogP contribution >= 0.6 is 0 Å². The van der Waals surface area contributed by atoms with E-state index < -0.39 is 10.0 Å². The lowest BCUT2D eigenvalue weighted by atomic mass is 10.1. The predicted octanol–water partition coefficient (Wildman–Crippen LogP) is 3.37. The van der Waals surface area contributed by atoms with Crippen molar-refractivity contribution in [3.8, 4) is 0 Å². The molecule has 0 bridgehead atoms. The molecule has 0 fully saturated rings. The van der Waals surface area contributed by atoms with E-state index >= 15 is 0 Å². The van der Waals surface area contributed by atoms with Crippen molar-refractivity contribution >= 4 is 21.7 Å². The molecule has 0 unspecified atom stereocenters. The van der Waals surface area contributed by atoms with Gasteiger partial charge in [-0.1, -0.05) is 42.5 Å². The first-order valence-corrected chi connectivity index (χ1v) is 11.2. The minimum Gasteiger partial charge on any atom is -0.371 e. The molecule has 3 N–H and O–H groups in total. The van der Waals surface area contributed by atoms with E-state index in [4.69, 9.17) is 4.74 Å². The Morgan fingerprint density at radius 1 is 0.966 bits per heavy atom. The first kappa shape index (κ1) is 22.7. The molecule has 0 heterocycles. The zero-order chi connectivity index (χ0) is 21.5. The van der Waals surface area contributed by atoms with E-state index in [1.165, 1.54) is 0 Å². The van der Waals surface area contributed by atoms with E-state index in [-0.39, 0.29) is 18.2 Å². The molecule has 0 aliphatic heterocycles. The maximum atomic E-state index is 12.1. The van der Waals surface area contributed by atoms with E-state index in [9.17, 15) is 13.2 Å². The lowest BCUT2D eigenvalue weighted by molar-refractivity contribution is -0.0149. The average molecular weight is 420 g/mol. The lowest BCUT2D eigenvalue weighted by Gasteiger charge is -2.19. The van der Waals surface area contributed by atoms with Crippen molar-refractivity contribution in [3.05, 3.63) is 65.2 Å². The molecule has 29 heavy (non-hydrogen) atoms. The number of carbonyl (C=O) groups excluding carboxylic acids is 1. The van der Waals surface area contributed by atoms with Crippen molar-refractivity contribution in [2.45, 2.75) is 46.1 Å². The van der Waals surface area contributed by atoms with E-state index in [1.807, 2.05) is 45.0 Å². The lowest BCUT2D eigenvalue weighted by Crippen LogP contribution is -2.34. The van der Waals surface area contributed by atoms with Gasteiger partial charge in [-0.3, -0.25) is 4.72 Å². The molecule has 8 heteroatoms. The maximum Gasteiger partial charge on any atom is 0.315 e. The first-order chi connectivity index (χ1) is 13.5. The van der Waals surface area contributed by atoms with Gasteiger partial charge < -0.3 is 15.4 Å². The molecule has 0 spiro atoms. The van der Waals surface area contributed by atoms with Crippen molar-refractivity contribution in [3.63, 3.8) is 0 Å². The van der Waals surface area contributed by atoms with Crippen LogP contribution in [0.25, 0.3) is 0 Å². The van der Waals surface area contributed by atoms with Gasteiger partial charge in [-0.15, -0.1) is 0 Å². The molecule has 0 aliphatic rings. The first-order valence-electron chi connectivity index (χ1n) is 9.31. The fourth-order valence-corrected chi connectivity index (χ4v) is 3.12. The van der Waals surface area contributed by atoms with Gasteiger partial charge in [-0.2, -0.15) is 0 Å². The fourth-order valence-electron chi connectivity index (χ4n) is 2.52. The second-order valence-corrected chi connectivity index (χ2v) is 9.54. The Morgan fingerprint density at radius 3 is 2.31 bits per heavy atom. The van der Waals surface area contributed by atoms with Gasteiger partial charge in [0.25, 0.3) is 0 Å². The number of rotatable bonds is 8. The highest BCUT2D eigenvalue weighted by Crippen LogP contribution is 2.16. The molecule has 0 saturated carbocycles. The maximum absolute atomic E-state index is 12.1. The van der Waals surface area contributed by atoms with Gasteiger partial charge in [-0.05, 0) is 43.5 Å². The second-order valence-electron chi connectivity index (χ2n) is 7.79. The highest BCUT2D eigenvalue weighted by atomic mass is 32.2. The standard InChI is InChI=1S/C21H29N3O4S/c1-21(2,3)28-15-17-9-7-8-16(12-17)13-22-20(25)23-14-18-10-5-6-11-19(18)24-29(4,26)27/h5-12,24H,13-15H2,1-4H3,(H2,22,23,25). The molecule has 7 nitrogen and oxygen atoms in total. The normalized spacial score (nSPS) is 11.7. The van der Waals surface area contributed by atoms with Crippen LogP contribution in [0, 0.1) is 0 Å². The van der Waals surface area contributed by atoms with Gasteiger partial charge >= 0.3 is 6.03 Å². The third-order valence-corrected chi connectivity index (χ3v) is 4.46. The number of benzene rings is 2. The van der Waals surface area contributed by atoms with Gasteiger partial charge in [0.1, 0.15) is 0 Å². The van der Waals surface area contributed by atoms with E-state index in [0.717, 1.165) is 17.4 Å². The summed E-state index contributed by atoms with van der Waals surface area (Å²) >= 11 is 0. The van der Waals surface area contributed by atoms with Crippen LogP contribution in [0.15, 0.2) is 48.5 Å². The minimum atomic E-state index is -3.39. The predicted molar refractivity (Wildman–Crippen MR) is 115 cm³/mol. The summed E-state index contributed by atoms with van der Waals surface area (Å²) in [7, 11) is -3.39. The summed E-state index contributed by atoms with van der Waals surface area (Å²) in [5.41, 5.74) is 2.92. The number of ether oxygens (including phenoxy) is 1. The molecule has 0 atom stereocenters. The Bertz CT molecular complexity index is 937. The Morgan fingerprint density at radius 2 is 1.62 bits per heavy atom. The second kappa shape index (κ2) is 9.76. The van der Waals surface area contributed by atoms with Crippen LogP contribution in [0.5, 0.6) is 0 Å². The number of para-hydroxylation sites is 1. The molecule has 0 aliphatic carbocycles. The molecule has 0 radical (unpaired) electrons. The van der Waals surface area contributed by atoms with Crippen molar-refractivity contribution in [2.75, 3.05) is 11.0 Å². The smallest absolute Gasteiger partial charge is 0.315 e. The van der Waals surface area contributed by atoms with Crippen LogP contribution in [0.3, 0.4) is 0 Å². The fraction of sp³-hybridized carbons (Fsp3) is 0.381. The van der Waals surface area contributed by atoms with Crippen LogP contribution in [0.2, 0.25) is 0 Å². The Hall–Kier alpha value is -2.58. The van der Waals surface area contributed by atoms with Crippen molar-refractivity contribution in [1.29, 1.82) is 0 Å². The summed E-state index contributed by atoms with van der Waals surface area (Å²) in [5.74, 6) is 0. The minimum absolute atomic E-state index is 0.198. The van der Waals surface area contributed by atoms with E-state index in [0.29, 0.717) is 24.4 Å². The zero-order valence-electron chi connectivity index (χ0n) is 17.3. The molecule has 2 rings (SSSR count). The number of carbonyl (C=O) groups is 1. The molecular formula is C21H29N3O4S. The third-order valence-electron chi connectivity index (χ3n) is 3.87. The van der Waals surface area contributed by atoms with Gasteiger partial charge in [0, 0.05) is 13.1 Å².